The quantitative estimate of drug-likeness (QED) is 0.726. The van der Waals surface area contributed by atoms with Gasteiger partial charge in [0.1, 0.15) is 5.75 Å². The van der Waals surface area contributed by atoms with Crippen molar-refractivity contribution >= 4 is 15.9 Å². The molecule has 0 saturated carbocycles. The Kier molecular flexibility index (Phi) is 6.60. The van der Waals surface area contributed by atoms with Gasteiger partial charge in [-0.05, 0) is 56.5 Å². The van der Waals surface area contributed by atoms with Gasteiger partial charge in [0.05, 0.1) is 16.8 Å². The molecule has 1 aromatic heterocycles. The maximum Gasteiger partial charge on any atom is 0.243 e. The van der Waals surface area contributed by atoms with Gasteiger partial charge in [-0.3, -0.25) is 9.78 Å². The van der Waals surface area contributed by atoms with E-state index in [1.54, 1.807) is 18.3 Å². The molecule has 1 fully saturated rings. The van der Waals surface area contributed by atoms with Crippen molar-refractivity contribution in [3.8, 4) is 11.6 Å². The number of aromatic nitrogens is 2. The van der Waals surface area contributed by atoms with Crippen LogP contribution in [0.25, 0.3) is 0 Å². The Morgan fingerprint density at radius 1 is 1.24 bits per heavy atom. The molecule has 2 aromatic rings. The molecule has 0 aliphatic carbocycles. The van der Waals surface area contributed by atoms with Crippen molar-refractivity contribution in [3.63, 3.8) is 0 Å². The molecule has 8 nitrogen and oxygen atoms in total. The number of hydrogen-bond donors (Lipinski definition) is 1. The Bertz CT molecular complexity index is 976. The summed E-state index contributed by atoms with van der Waals surface area (Å²) in [7, 11) is -3.62. The fourth-order valence-corrected chi connectivity index (χ4v) is 4.65. The van der Waals surface area contributed by atoms with Crippen LogP contribution < -0.4 is 10.1 Å². The molecule has 154 valence electrons. The summed E-state index contributed by atoms with van der Waals surface area (Å²) in [6, 6.07) is 6.20. The molecule has 1 aliphatic heterocycles. The molecule has 1 amide bonds. The molecule has 0 bridgehead atoms. The third-order valence-electron chi connectivity index (χ3n) is 4.64. The Morgan fingerprint density at radius 3 is 2.69 bits per heavy atom. The van der Waals surface area contributed by atoms with Crippen molar-refractivity contribution in [1.29, 1.82) is 0 Å². The predicted octanol–water partition coefficient (Wildman–Crippen LogP) is 2.42. The summed E-state index contributed by atoms with van der Waals surface area (Å²) < 4.78 is 33.1. The third-order valence-corrected chi connectivity index (χ3v) is 6.55. The standard InChI is InChI=1S/C20H24N4O4S/c1-3-19(25)23-16-5-4-11-24(12-10-16)29(26,27)18-8-6-17(7-9-18)28-20-14-21-13-15(2)22-20/h3,6-9,13-14,16H,1,4-5,10-12H2,2H3,(H,23,25). The summed E-state index contributed by atoms with van der Waals surface area (Å²) in [5.41, 5.74) is 0.727. The minimum absolute atomic E-state index is 0.0492. The second kappa shape index (κ2) is 9.15. The van der Waals surface area contributed by atoms with Gasteiger partial charge < -0.3 is 10.1 Å². The van der Waals surface area contributed by atoms with Gasteiger partial charge in [-0.15, -0.1) is 0 Å². The second-order valence-electron chi connectivity index (χ2n) is 6.82. The van der Waals surface area contributed by atoms with Crippen LogP contribution >= 0.6 is 0 Å². The van der Waals surface area contributed by atoms with E-state index in [1.165, 1.54) is 28.7 Å². The number of aryl methyl sites for hydroxylation is 1. The topological polar surface area (TPSA) is 101 Å². The number of amides is 1. The number of rotatable bonds is 6. The van der Waals surface area contributed by atoms with E-state index < -0.39 is 10.0 Å². The predicted molar refractivity (Wildman–Crippen MR) is 108 cm³/mol. The normalized spacial score (nSPS) is 17.9. The average Bonchev–Trinajstić information content (AvgIpc) is 2.94. The van der Waals surface area contributed by atoms with Gasteiger partial charge in [0, 0.05) is 25.3 Å². The van der Waals surface area contributed by atoms with Gasteiger partial charge >= 0.3 is 0 Å². The van der Waals surface area contributed by atoms with Crippen LogP contribution in [0, 0.1) is 6.92 Å². The highest BCUT2D eigenvalue weighted by Crippen LogP contribution is 2.24. The van der Waals surface area contributed by atoms with Crippen LogP contribution in [-0.2, 0) is 14.8 Å². The summed E-state index contributed by atoms with van der Waals surface area (Å²) in [6.07, 6.45) is 6.31. The highest BCUT2D eigenvalue weighted by Gasteiger charge is 2.28. The van der Waals surface area contributed by atoms with Crippen LogP contribution in [-0.4, -0.2) is 47.7 Å². The van der Waals surface area contributed by atoms with E-state index in [4.69, 9.17) is 4.74 Å². The number of hydrogen-bond acceptors (Lipinski definition) is 6. The SMILES string of the molecule is C=CC(=O)NC1CCCN(S(=O)(=O)c2ccc(Oc3cncc(C)n3)cc2)CC1. The zero-order chi connectivity index (χ0) is 20.9. The van der Waals surface area contributed by atoms with E-state index in [2.05, 4.69) is 21.9 Å². The summed E-state index contributed by atoms with van der Waals surface area (Å²) in [5.74, 6) is 0.591. The van der Waals surface area contributed by atoms with Crippen molar-refractivity contribution in [1.82, 2.24) is 19.6 Å². The number of carbonyl (C=O) groups is 1. The molecule has 0 spiro atoms. The van der Waals surface area contributed by atoms with Gasteiger partial charge in [-0.2, -0.15) is 4.31 Å². The van der Waals surface area contributed by atoms with Crippen LogP contribution in [0.3, 0.4) is 0 Å². The first-order chi connectivity index (χ1) is 13.9. The minimum Gasteiger partial charge on any atom is -0.437 e. The summed E-state index contributed by atoms with van der Waals surface area (Å²) in [5, 5.41) is 2.85. The number of sulfonamides is 1. The Morgan fingerprint density at radius 2 is 2.00 bits per heavy atom. The first-order valence-corrected chi connectivity index (χ1v) is 10.8. The zero-order valence-electron chi connectivity index (χ0n) is 16.2. The average molecular weight is 417 g/mol. The molecule has 2 heterocycles. The monoisotopic (exact) mass is 416 g/mol. The van der Waals surface area contributed by atoms with Crippen molar-refractivity contribution < 1.29 is 17.9 Å². The van der Waals surface area contributed by atoms with E-state index >= 15 is 0 Å². The van der Waals surface area contributed by atoms with Gasteiger partial charge in [0.2, 0.25) is 21.8 Å². The van der Waals surface area contributed by atoms with Crippen LogP contribution in [0.2, 0.25) is 0 Å². The lowest BCUT2D eigenvalue weighted by atomic mass is 10.1. The van der Waals surface area contributed by atoms with E-state index in [1.807, 2.05) is 6.92 Å². The fraction of sp³-hybridized carbons (Fsp3) is 0.350. The summed E-state index contributed by atoms with van der Waals surface area (Å²) in [4.78, 5) is 19.9. The smallest absolute Gasteiger partial charge is 0.243 e. The number of carbonyl (C=O) groups excluding carboxylic acids is 1. The molecule has 1 saturated heterocycles. The zero-order valence-corrected chi connectivity index (χ0v) is 17.1. The highest BCUT2D eigenvalue weighted by atomic mass is 32.2. The molecular weight excluding hydrogens is 392 g/mol. The number of nitrogens with one attached hydrogen (secondary N) is 1. The van der Waals surface area contributed by atoms with Crippen LogP contribution in [0.4, 0.5) is 0 Å². The van der Waals surface area contributed by atoms with E-state index in [-0.39, 0.29) is 16.8 Å². The molecule has 0 radical (unpaired) electrons. The van der Waals surface area contributed by atoms with E-state index in [0.29, 0.717) is 37.6 Å². The lowest BCUT2D eigenvalue weighted by Crippen LogP contribution is -2.36. The second-order valence-corrected chi connectivity index (χ2v) is 8.75. The Hall–Kier alpha value is -2.78. The lowest BCUT2D eigenvalue weighted by Gasteiger charge is -2.20. The van der Waals surface area contributed by atoms with E-state index in [9.17, 15) is 13.2 Å². The van der Waals surface area contributed by atoms with Crippen LogP contribution in [0.5, 0.6) is 11.6 Å². The number of nitrogens with zero attached hydrogens (tertiary/aromatic N) is 3. The first-order valence-electron chi connectivity index (χ1n) is 9.38. The maximum absolute atomic E-state index is 13.0. The summed E-state index contributed by atoms with van der Waals surface area (Å²) in [6.45, 7) is 6.02. The van der Waals surface area contributed by atoms with Gasteiger partial charge in [-0.1, -0.05) is 6.58 Å². The molecular formula is C20H24N4O4S. The van der Waals surface area contributed by atoms with Crippen LogP contribution in [0.15, 0.2) is 54.2 Å². The molecule has 1 atom stereocenters. The Balaban J connectivity index is 1.67. The fourth-order valence-electron chi connectivity index (χ4n) is 3.15. The minimum atomic E-state index is -3.62. The number of ether oxygens (including phenoxy) is 1. The Labute approximate surface area is 170 Å². The molecule has 1 aromatic carbocycles. The molecule has 1 aliphatic rings. The molecule has 1 unspecified atom stereocenters. The molecule has 3 rings (SSSR count). The van der Waals surface area contributed by atoms with Gasteiger partial charge in [0.25, 0.3) is 0 Å². The molecule has 1 N–H and O–H groups in total. The largest absolute Gasteiger partial charge is 0.437 e. The third kappa shape index (κ3) is 5.39. The van der Waals surface area contributed by atoms with Crippen molar-refractivity contribution in [2.45, 2.75) is 37.1 Å². The highest BCUT2D eigenvalue weighted by molar-refractivity contribution is 7.89. The maximum atomic E-state index is 13.0. The van der Waals surface area contributed by atoms with Crippen molar-refractivity contribution in [2.75, 3.05) is 13.1 Å². The first kappa shape index (κ1) is 20.9. The van der Waals surface area contributed by atoms with Gasteiger partial charge in [-0.25, -0.2) is 13.4 Å². The van der Waals surface area contributed by atoms with Crippen molar-refractivity contribution in [3.05, 3.63) is 55.0 Å². The van der Waals surface area contributed by atoms with E-state index in [0.717, 1.165) is 12.1 Å². The molecule has 9 heteroatoms. The van der Waals surface area contributed by atoms with Crippen LogP contribution in [0.1, 0.15) is 25.0 Å². The molecule has 29 heavy (non-hydrogen) atoms. The van der Waals surface area contributed by atoms with Crippen molar-refractivity contribution in [2.24, 2.45) is 0 Å². The number of benzene rings is 1. The van der Waals surface area contributed by atoms with Gasteiger partial charge in [0.15, 0.2) is 0 Å². The summed E-state index contributed by atoms with van der Waals surface area (Å²) >= 11 is 0. The lowest BCUT2D eigenvalue weighted by molar-refractivity contribution is -0.117.